The van der Waals surface area contributed by atoms with Gasteiger partial charge in [0.15, 0.2) is 0 Å². The first-order valence-corrected chi connectivity index (χ1v) is 8.72. The second-order valence-corrected chi connectivity index (χ2v) is 6.47. The van der Waals surface area contributed by atoms with Crippen LogP contribution in [0.2, 0.25) is 0 Å². The lowest BCUT2D eigenvalue weighted by atomic mass is 10.1. The van der Waals surface area contributed by atoms with Crippen molar-refractivity contribution in [1.29, 1.82) is 0 Å². The number of carbonyl (C=O) groups excluding carboxylic acids is 1. The fraction of sp³-hybridized carbons (Fsp3) is 0.471. The number of amides is 1. The van der Waals surface area contributed by atoms with Gasteiger partial charge in [0.25, 0.3) is 0 Å². The summed E-state index contributed by atoms with van der Waals surface area (Å²) in [5, 5.41) is 2.96. The smallest absolute Gasteiger partial charge is 0.246 e. The van der Waals surface area contributed by atoms with Crippen LogP contribution in [-0.4, -0.2) is 30.5 Å². The summed E-state index contributed by atoms with van der Waals surface area (Å²) in [6, 6.07) is 8.53. The number of hydrogen-bond donors (Lipinski definition) is 1. The van der Waals surface area contributed by atoms with Crippen LogP contribution in [-0.2, 0) is 11.3 Å². The zero-order valence-electron chi connectivity index (χ0n) is 12.9. The second kappa shape index (κ2) is 8.13. The molecule has 0 atom stereocenters. The van der Waals surface area contributed by atoms with Crippen LogP contribution in [0.3, 0.4) is 0 Å². The molecule has 0 radical (unpaired) electrons. The number of benzene rings is 1. The van der Waals surface area contributed by atoms with Gasteiger partial charge >= 0.3 is 0 Å². The number of nitrogens with one attached hydrogen (secondary N) is 1. The molecule has 0 aromatic heterocycles. The zero-order valence-corrected chi connectivity index (χ0v) is 13.7. The van der Waals surface area contributed by atoms with Crippen molar-refractivity contribution in [2.75, 3.05) is 29.5 Å². The molecule has 1 N–H and O–H groups in total. The molecular formula is C17H24N2OS. The number of thioether (sulfide) groups is 1. The number of allylic oxidation sites excluding steroid dienone is 1. The van der Waals surface area contributed by atoms with E-state index < -0.39 is 0 Å². The molecule has 2 rings (SSSR count). The summed E-state index contributed by atoms with van der Waals surface area (Å²) in [5.41, 5.74) is 3.22. The van der Waals surface area contributed by atoms with Crippen LogP contribution in [0.25, 0.3) is 0 Å². The van der Waals surface area contributed by atoms with E-state index in [2.05, 4.69) is 34.5 Å². The number of hydrogen-bond acceptors (Lipinski definition) is 3. The maximum absolute atomic E-state index is 11.8. The molecule has 1 aliphatic rings. The van der Waals surface area contributed by atoms with E-state index in [4.69, 9.17) is 0 Å². The van der Waals surface area contributed by atoms with Gasteiger partial charge in [-0.05, 0) is 31.0 Å². The topological polar surface area (TPSA) is 32.3 Å². The first kappa shape index (κ1) is 16.0. The molecule has 1 saturated heterocycles. The Balaban J connectivity index is 1.87. The molecule has 1 aromatic carbocycles. The van der Waals surface area contributed by atoms with Gasteiger partial charge in [0.05, 0.1) is 0 Å². The Hall–Kier alpha value is -1.42. The Morgan fingerprint density at radius 3 is 2.57 bits per heavy atom. The van der Waals surface area contributed by atoms with Crippen LogP contribution in [0.5, 0.6) is 0 Å². The Kier molecular flexibility index (Phi) is 6.18. The highest BCUT2D eigenvalue weighted by Crippen LogP contribution is 2.19. The summed E-state index contributed by atoms with van der Waals surface area (Å²) in [6.45, 7) is 6.73. The summed E-state index contributed by atoms with van der Waals surface area (Å²) in [5.74, 6) is 2.44. The highest BCUT2D eigenvalue weighted by atomic mass is 32.2. The number of rotatable bonds is 5. The van der Waals surface area contributed by atoms with Gasteiger partial charge in [-0.2, -0.15) is 11.8 Å². The Morgan fingerprint density at radius 1 is 1.29 bits per heavy atom. The largest absolute Gasteiger partial charge is 0.370 e. The molecule has 0 bridgehead atoms. The van der Waals surface area contributed by atoms with Crippen LogP contribution in [0.4, 0.5) is 5.69 Å². The molecule has 1 amide bonds. The molecular weight excluding hydrogens is 280 g/mol. The predicted molar refractivity (Wildman–Crippen MR) is 91.9 cm³/mol. The molecule has 0 saturated carbocycles. The van der Waals surface area contributed by atoms with E-state index >= 15 is 0 Å². The SMILES string of the molecule is CC/C=C(\C)C(=O)NCc1ccc(N2CCSCC2)cc1. The predicted octanol–water partition coefficient (Wildman–Crippen LogP) is 3.21. The van der Waals surface area contributed by atoms with Gasteiger partial charge in [0.1, 0.15) is 0 Å². The van der Waals surface area contributed by atoms with Crippen LogP contribution < -0.4 is 10.2 Å². The molecule has 4 heteroatoms. The molecule has 0 aliphatic carbocycles. The van der Waals surface area contributed by atoms with E-state index in [9.17, 15) is 4.79 Å². The van der Waals surface area contributed by atoms with Crippen molar-refractivity contribution in [3.63, 3.8) is 0 Å². The highest BCUT2D eigenvalue weighted by molar-refractivity contribution is 7.99. The zero-order chi connectivity index (χ0) is 15.1. The van der Waals surface area contributed by atoms with E-state index in [0.29, 0.717) is 6.54 Å². The maximum atomic E-state index is 11.8. The minimum absolute atomic E-state index is 0.0222. The van der Waals surface area contributed by atoms with Crippen molar-refractivity contribution in [3.8, 4) is 0 Å². The third-order valence-corrected chi connectivity index (χ3v) is 4.58. The first-order chi connectivity index (χ1) is 10.2. The lowest BCUT2D eigenvalue weighted by Gasteiger charge is -2.28. The van der Waals surface area contributed by atoms with Crippen molar-refractivity contribution < 1.29 is 4.79 Å². The lowest BCUT2D eigenvalue weighted by Crippen LogP contribution is -2.32. The van der Waals surface area contributed by atoms with Gasteiger partial charge in [0, 0.05) is 42.4 Å². The van der Waals surface area contributed by atoms with E-state index in [1.54, 1.807) is 0 Å². The lowest BCUT2D eigenvalue weighted by molar-refractivity contribution is -0.117. The van der Waals surface area contributed by atoms with Gasteiger partial charge in [-0.15, -0.1) is 0 Å². The van der Waals surface area contributed by atoms with E-state index in [0.717, 1.165) is 30.6 Å². The van der Waals surface area contributed by atoms with Crippen LogP contribution in [0.15, 0.2) is 35.9 Å². The third kappa shape index (κ3) is 4.81. The molecule has 1 heterocycles. The van der Waals surface area contributed by atoms with E-state index in [-0.39, 0.29) is 5.91 Å². The van der Waals surface area contributed by atoms with Gasteiger partial charge in [-0.3, -0.25) is 4.79 Å². The standard InChI is InChI=1S/C17H24N2OS/c1-3-4-14(2)17(20)18-13-15-5-7-16(8-6-15)19-9-11-21-12-10-19/h4-8H,3,9-13H2,1-2H3,(H,18,20)/b14-4+. The first-order valence-electron chi connectivity index (χ1n) is 7.57. The summed E-state index contributed by atoms with van der Waals surface area (Å²) in [6.07, 6.45) is 2.84. The molecule has 0 spiro atoms. The molecule has 21 heavy (non-hydrogen) atoms. The number of anilines is 1. The fourth-order valence-corrected chi connectivity index (χ4v) is 3.27. The van der Waals surface area contributed by atoms with Crippen molar-refractivity contribution in [2.45, 2.75) is 26.8 Å². The highest BCUT2D eigenvalue weighted by Gasteiger charge is 2.10. The van der Waals surface area contributed by atoms with Crippen LogP contribution in [0.1, 0.15) is 25.8 Å². The maximum Gasteiger partial charge on any atom is 0.246 e. The van der Waals surface area contributed by atoms with Crippen molar-refractivity contribution >= 4 is 23.4 Å². The normalized spacial score (nSPS) is 15.9. The summed E-state index contributed by atoms with van der Waals surface area (Å²) in [7, 11) is 0. The molecule has 1 fully saturated rings. The van der Waals surface area contributed by atoms with Gasteiger partial charge in [-0.1, -0.05) is 25.1 Å². The molecule has 3 nitrogen and oxygen atoms in total. The fourth-order valence-electron chi connectivity index (χ4n) is 2.37. The number of nitrogens with zero attached hydrogens (tertiary/aromatic N) is 1. The second-order valence-electron chi connectivity index (χ2n) is 5.24. The van der Waals surface area contributed by atoms with E-state index in [1.807, 2.05) is 31.7 Å². The quantitative estimate of drug-likeness (QED) is 0.848. The molecule has 1 aromatic rings. The number of carbonyl (C=O) groups is 1. The van der Waals surface area contributed by atoms with E-state index in [1.165, 1.54) is 17.2 Å². The molecule has 0 unspecified atom stereocenters. The van der Waals surface area contributed by atoms with Crippen molar-refractivity contribution in [1.82, 2.24) is 5.32 Å². The average molecular weight is 304 g/mol. The van der Waals surface area contributed by atoms with Gasteiger partial charge in [0.2, 0.25) is 5.91 Å². The van der Waals surface area contributed by atoms with Crippen molar-refractivity contribution in [2.24, 2.45) is 0 Å². The minimum atomic E-state index is 0.0222. The summed E-state index contributed by atoms with van der Waals surface area (Å²) < 4.78 is 0. The Labute approximate surface area is 131 Å². The summed E-state index contributed by atoms with van der Waals surface area (Å²) >= 11 is 2.02. The molecule has 114 valence electrons. The van der Waals surface area contributed by atoms with Crippen LogP contribution in [0, 0.1) is 0 Å². The average Bonchev–Trinajstić information content (AvgIpc) is 2.54. The Bertz CT molecular complexity index is 490. The third-order valence-electron chi connectivity index (χ3n) is 3.63. The minimum Gasteiger partial charge on any atom is -0.370 e. The summed E-state index contributed by atoms with van der Waals surface area (Å²) in [4.78, 5) is 14.3. The van der Waals surface area contributed by atoms with Gasteiger partial charge < -0.3 is 10.2 Å². The van der Waals surface area contributed by atoms with Crippen molar-refractivity contribution in [3.05, 3.63) is 41.5 Å². The monoisotopic (exact) mass is 304 g/mol. The van der Waals surface area contributed by atoms with Crippen LogP contribution >= 0.6 is 11.8 Å². The molecule has 1 aliphatic heterocycles. The Morgan fingerprint density at radius 2 is 1.95 bits per heavy atom. The van der Waals surface area contributed by atoms with Gasteiger partial charge in [-0.25, -0.2) is 0 Å².